The quantitative estimate of drug-likeness (QED) is 0.350. The third kappa shape index (κ3) is 8.32. The number of methoxy groups -OCH3 is 1. The summed E-state index contributed by atoms with van der Waals surface area (Å²) in [5.41, 5.74) is 3.78. The summed E-state index contributed by atoms with van der Waals surface area (Å²) in [7, 11) is 1.80. The Balaban J connectivity index is 0.000000396. The SMILES string of the molecule is CC.CCCC(CCC)OC.CSc1ccccc1-c1ccn2ncc(CC(=O)O)c2c1. The van der Waals surface area contributed by atoms with Crippen molar-refractivity contribution < 1.29 is 14.6 Å². The Morgan fingerprint density at radius 2 is 1.81 bits per heavy atom. The number of carboxylic acid groups (broad SMARTS) is 1. The van der Waals surface area contributed by atoms with Gasteiger partial charge in [0.15, 0.2) is 0 Å². The second-order valence-corrected chi connectivity index (χ2v) is 7.97. The zero-order valence-corrected chi connectivity index (χ0v) is 21.1. The van der Waals surface area contributed by atoms with Crippen LogP contribution in [0.3, 0.4) is 0 Å². The molecule has 1 N–H and O–H groups in total. The van der Waals surface area contributed by atoms with E-state index in [1.165, 1.54) is 30.6 Å². The van der Waals surface area contributed by atoms with Gasteiger partial charge in [0.1, 0.15) is 0 Å². The van der Waals surface area contributed by atoms with E-state index in [1.54, 1.807) is 29.6 Å². The molecule has 176 valence electrons. The predicted molar refractivity (Wildman–Crippen MR) is 136 cm³/mol. The fraction of sp³-hybridized carbons (Fsp3) is 0.462. The van der Waals surface area contributed by atoms with Gasteiger partial charge in [-0.3, -0.25) is 4.79 Å². The summed E-state index contributed by atoms with van der Waals surface area (Å²) in [4.78, 5) is 12.1. The molecule has 0 aliphatic rings. The van der Waals surface area contributed by atoms with Crippen LogP contribution in [0, 0.1) is 0 Å². The van der Waals surface area contributed by atoms with Crippen molar-refractivity contribution in [2.45, 2.75) is 70.8 Å². The Hall–Kier alpha value is -2.31. The van der Waals surface area contributed by atoms with Crippen LogP contribution in [0.25, 0.3) is 16.6 Å². The maximum atomic E-state index is 10.9. The Morgan fingerprint density at radius 1 is 1.16 bits per heavy atom. The number of pyridine rings is 1. The van der Waals surface area contributed by atoms with E-state index >= 15 is 0 Å². The van der Waals surface area contributed by atoms with E-state index in [1.807, 2.05) is 50.6 Å². The molecule has 0 fully saturated rings. The van der Waals surface area contributed by atoms with Crippen LogP contribution in [0.4, 0.5) is 0 Å². The number of benzene rings is 1. The Labute approximate surface area is 197 Å². The average Bonchev–Trinajstić information content (AvgIpc) is 3.22. The average molecular weight is 459 g/mol. The van der Waals surface area contributed by atoms with Gasteiger partial charge in [0.2, 0.25) is 0 Å². The van der Waals surface area contributed by atoms with Crippen molar-refractivity contribution in [1.82, 2.24) is 9.61 Å². The summed E-state index contributed by atoms with van der Waals surface area (Å²) in [6, 6.07) is 12.2. The smallest absolute Gasteiger partial charge is 0.307 e. The molecule has 0 aliphatic heterocycles. The number of hydrogen-bond acceptors (Lipinski definition) is 4. The van der Waals surface area contributed by atoms with E-state index in [0.29, 0.717) is 6.10 Å². The van der Waals surface area contributed by atoms with Gasteiger partial charge in [-0.2, -0.15) is 5.10 Å². The minimum atomic E-state index is -0.847. The highest BCUT2D eigenvalue weighted by molar-refractivity contribution is 7.98. The van der Waals surface area contributed by atoms with E-state index in [9.17, 15) is 4.79 Å². The van der Waals surface area contributed by atoms with Crippen LogP contribution in [-0.2, 0) is 16.0 Å². The lowest BCUT2D eigenvalue weighted by atomic mass is 10.1. The van der Waals surface area contributed by atoms with E-state index in [2.05, 4.69) is 31.1 Å². The maximum Gasteiger partial charge on any atom is 0.307 e. The molecule has 1 aromatic carbocycles. The molecular weight excluding hydrogens is 420 g/mol. The van der Waals surface area contributed by atoms with Gasteiger partial charge < -0.3 is 9.84 Å². The van der Waals surface area contributed by atoms with Crippen molar-refractivity contribution in [3.63, 3.8) is 0 Å². The van der Waals surface area contributed by atoms with Crippen LogP contribution >= 0.6 is 11.8 Å². The number of ether oxygens (including phenoxy) is 1. The van der Waals surface area contributed by atoms with Crippen LogP contribution in [0.2, 0.25) is 0 Å². The number of rotatable bonds is 9. The molecular formula is C26H38N2O3S. The largest absolute Gasteiger partial charge is 0.481 e. The van der Waals surface area contributed by atoms with Crippen molar-refractivity contribution in [2.75, 3.05) is 13.4 Å². The summed E-state index contributed by atoms with van der Waals surface area (Å²) >= 11 is 1.70. The molecule has 6 heteroatoms. The molecule has 2 heterocycles. The summed E-state index contributed by atoms with van der Waals surface area (Å²) in [5, 5.41) is 13.2. The molecule has 32 heavy (non-hydrogen) atoms. The molecule has 0 saturated heterocycles. The summed E-state index contributed by atoms with van der Waals surface area (Å²) < 4.78 is 6.94. The lowest BCUT2D eigenvalue weighted by Crippen LogP contribution is -2.08. The van der Waals surface area contributed by atoms with Crippen molar-refractivity contribution >= 4 is 23.2 Å². The van der Waals surface area contributed by atoms with Gasteiger partial charge in [-0.05, 0) is 48.4 Å². The van der Waals surface area contributed by atoms with Crippen LogP contribution in [0.15, 0.2) is 53.7 Å². The van der Waals surface area contributed by atoms with Gasteiger partial charge in [0.05, 0.1) is 24.2 Å². The Morgan fingerprint density at radius 3 is 2.38 bits per heavy atom. The summed E-state index contributed by atoms with van der Waals surface area (Å²) in [5.74, 6) is -0.847. The van der Waals surface area contributed by atoms with Crippen LogP contribution in [-0.4, -0.2) is 40.2 Å². The molecule has 0 atom stereocenters. The highest BCUT2D eigenvalue weighted by atomic mass is 32.2. The monoisotopic (exact) mass is 458 g/mol. The molecule has 0 aliphatic carbocycles. The molecule has 0 saturated carbocycles. The van der Waals surface area contributed by atoms with E-state index in [-0.39, 0.29) is 6.42 Å². The standard InChI is InChI=1S/C16H14N2O2S.C8H18O.C2H6/c1-21-15-5-3-2-4-13(15)11-6-7-18-14(8-11)12(10-17-18)9-16(19)20;1-4-6-8(9-3)7-5-2;1-2/h2-8,10H,9H2,1H3,(H,19,20);8H,4-7H2,1-3H3;1-2H3. The van der Waals surface area contributed by atoms with E-state index in [4.69, 9.17) is 9.84 Å². The molecule has 0 amide bonds. The number of hydrogen-bond donors (Lipinski definition) is 1. The van der Waals surface area contributed by atoms with Crippen molar-refractivity contribution in [2.24, 2.45) is 0 Å². The highest BCUT2D eigenvalue weighted by Crippen LogP contribution is 2.31. The van der Waals surface area contributed by atoms with E-state index in [0.717, 1.165) is 22.2 Å². The molecule has 0 radical (unpaired) electrons. The summed E-state index contributed by atoms with van der Waals surface area (Å²) in [6.45, 7) is 8.39. The van der Waals surface area contributed by atoms with Gasteiger partial charge in [0.25, 0.3) is 0 Å². The molecule has 3 aromatic rings. The molecule has 0 unspecified atom stereocenters. The normalized spacial score (nSPS) is 10.3. The fourth-order valence-corrected chi connectivity index (χ4v) is 4.03. The van der Waals surface area contributed by atoms with Gasteiger partial charge in [-0.15, -0.1) is 11.8 Å². The zero-order valence-electron chi connectivity index (χ0n) is 20.3. The van der Waals surface area contributed by atoms with Crippen LogP contribution < -0.4 is 0 Å². The number of nitrogens with zero attached hydrogens (tertiary/aromatic N) is 2. The molecule has 0 bridgehead atoms. The van der Waals surface area contributed by atoms with Crippen molar-refractivity contribution in [3.8, 4) is 11.1 Å². The third-order valence-corrected chi connectivity index (χ3v) is 5.71. The molecule has 2 aromatic heterocycles. The molecule has 0 spiro atoms. The van der Waals surface area contributed by atoms with Crippen molar-refractivity contribution in [3.05, 3.63) is 54.4 Å². The summed E-state index contributed by atoms with van der Waals surface area (Å²) in [6.07, 6.45) is 10.9. The number of aliphatic carboxylic acids is 1. The van der Waals surface area contributed by atoms with Gasteiger partial charge in [-0.1, -0.05) is 58.7 Å². The Kier molecular flexibility index (Phi) is 13.4. The minimum Gasteiger partial charge on any atom is -0.481 e. The number of fused-ring (bicyclic) bond motifs is 1. The topological polar surface area (TPSA) is 63.8 Å². The van der Waals surface area contributed by atoms with Gasteiger partial charge in [0, 0.05) is 23.8 Å². The van der Waals surface area contributed by atoms with Gasteiger partial charge >= 0.3 is 5.97 Å². The third-order valence-electron chi connectivity index (χ3n) is 4.92. The maximum absolute atomic E-state index is 10.9. The molecule has 3 rings (SSSR count). The predicted octanol–water partition coefficient (Wildman–Crippen LogP) is 6.98. The number of thioether (sulfide) groups is 1. The highest BCUT2D eigenvalue weighted by Gasteiger charge is 2.10. The van der Waals surface area contributed by atoms with Crippen LogP contribution in [0.5, 0.6) is 0 Å². The minimum absolute atomic E-state index is 0.0167. The lowest BCUT2D eigenvalue weighted by molar-refractivity contribution is -0.136. The first-order chi connectivity index (χ1) is 15.5. The Bertz CT molecular complexity index is 934. The van der Waals surface area contributed by atoms with Crippen molar-refractivity contribution in [1.29, 1.82) is 0 Å². The number of aromatic nitrogens is 2. The second kappa shape index (κ2) is 15.5. The first kappa shape index (κ1) is 27.7. The fourth-order valence-electron chi connectivity index (χ4n) is 3.41. The van der Waals surface area contributed by atoms with Gasteiger partial charge in [-0.25, -0.2) is 4.52 Å². The first-order valence-electron chi connectivity index (χ1n) is 11.4. The molecule has 5 nitrogen and oxygen atoms in total. The first-order valence-corrected chi connectivity index (χ1v) is 12.6. The van der Waals surface area contributed by atoms with Crippen LogP contribution in [0.1, 0.15) is 58.9 Å². The zero-order chi connectivity index (χ0) is 23.9. The second-order valence-electron chi connectivity index (χ2n) is 7.12. The number of carbonyl (C=O) groups is 1. The lowest BCUT2D eigenvalue weighted by Gasteiger charge is -2.11. The van der Waals surface area contributed by atoms with E-state index < -0.39 is 5.97 Å². The number of carboxylic acids is 1.